The Hall–Kier alpha value is -2.37. The quantitative estimate of drug-likeness (QED) is 0.675. The fourth-order valence-electron chi connectivity index (χ4n) is 5.60. The third-order valence-corrected chi connectivity index (χ3v) is 8.20. The maximum atomic E-state index is 13.7. The van der Waals surface area contributed by atoms with Crippen molar-refractivity contribution in [2.24, 2.45) is 11.7 Å². The number of halogens is 4. The number of rotatable bonds is 3. The van der Waals surface area contributed by atoms with Crippen molar-refractivity contribution in [3.8, 4) is 0 Å². The topological polar surface area (TPSA) is 104 Å². The number of fused-ring (bicyclic) bond motifs is 2. The first-order valence-electron chi connectivity index (χ1n) is 11.3. The molecule has 0 spiro atoms. The molecule has 8 nitrogen and oxygen atoms in total. The number of hydrogen-bond donors (Lipinski definition) is 2. The number of pyridine rings is 1. The maximum Gasteiger partial charge on any atom is 0.433 e. The number of nitrogens with two attached hydrogens (primary N) is 1. The van der Waals surface area contributed by atoms with E-state index in [2.05, 4.69) is 5.10 Å². The highest BCUT2D eigenvalue weighted by molar-refractivity contribution is 6.36. The van der Waals surface area contributed by atoms with Crippen LogP contribution in [0.25, 0.3) is 5.52 Å². The summed E-state index contributed by atoms with van der Waals surface area (Å²) in [5, 5.41) is 14.3. The van der Waals surface area contributed by atoms with Crippen molar-refractivity contribution in [2.45, 2.75) is 55.5 Å². The van der Waals surface area contributed by atoms with Gasteiger partial charge in [0.05, 0.1) is 22.7 Å². The fourth-order valence-corrected chi connectivity index (χ4v) is 5.85. The van der Waals surface area contributed by atoms with Crippen LogP contribution in [0.2, 0.25) is 5.02 Å². The molecule has 182 valence electrons. The second-order valence-electron chi connectivity index (χ2n) is 9.98. The molecule has 1 saturated heterocycles. The fraction of sp³-hybridized carbons (Fsp3) is 0.591. The second-order valence-corrected chi connectivity index (χ2v) is 10.4. The molecule has 0 radical (unpaired) electrons. The Balaban J connectivity index is 1.26. The Labute approximate surface area is 197 Å². The van der Waals surface area contributed by atoms with Crippen molar-refractivity contribution in [2.75, 3.05) is 19.6 Å². The number of carbonyl (C=O) groups excluding carboxylic acids is 2. The molecule has 3 aliphatic carbocycles. The number of aromatic nitrogens is 2. The third kappa shape index (κ3) is 3.24. The molecule has 6 rings (SSSR count). The predicted octanol–water partition coefficient (Wildman–Crippen LogP) is 2.02. The molecular formula is C22H23ClF3N5O3. The summed E-state index contributed by atoms with van der Waals surface area (Å²) in [5.74, 6) is -0.806. The minimum Gasteiger partial charge on any atom is -0.389 e. The van der Waals surface area contributed by atoms with E-state index in [-0.39, 0.29) is 59.7 Å². The predicted molar refractivity (Wildman–Crippen MR) is 114 cm³/mol. The molecule has 3 N–H and O–H groups in total. The molecule has 4 atom stereocenters. The van der Waals surface area contributed by atoms with Gasteiger partial charge in [-0.2, -0.15) is 18.3 Å². The summed E-state index contributed by atoms with van der Waals surface area (Å²) in [6.07, 6.45) is -2.51. The average molecular weight is 498 g/mol. The summed E-state index contributed by atoms with van der Waals surface area (Å²) < 4.78 is 41.9. The van der Waals surface area contributed by atoms with Crippen molar-refractivity contribution in [1.82, 2.24) is 19.4 Å². The Bertz CT molecular complexity index is 1230. The lowest BCUT2D eigenvalue weighted by molar-refractivity contribution is -0.142. The molecule has 4 aliphatic rings. The molecule has 2 amide bonds. The SMILES string of the molecule is NC12CC1CC(N1CCN(C(=O)c3nn4c(C(F)(F)F)cc(C5CC5)cc4c3Cl)CC1=O)C2O. The number of alkyl halides is 3. The first-order chi connectivity index (χ1) is 16.0. The van der Waals surface area contributed by atoms with E-state index < -0.39 is 29.4 Å². The number of carbonyl (C=O) groups is 2. The van der Waals surface area contributed by atoms with Crippen molar-refractivity contribution in [3.63, 3.8) is 0 Å². The average Bonchev–Trinajstić information content (AvgIpc) is 3.68. The van der Waals surface area contributed by atoms with Crippen molar-refractivity contribution < 1.29 is 27.9 Å². The van der Waals surface area contributed by atoms with Gasteiger partial charge in [0.2, 0.25) is 5.91 Å². The minimum atomic E-state index is -4.68. The maximum absolute atomic E-state index is 13.7. The number of nitrogens with zero attached hydrogens (tertiary/aromatic N) is 4. The summed E-state index contributed by atoms with van der Waals surface area (Å²) in [4.78, 5) is 28.8. The van der Waals surface area contributed by atoms with E-state index in [1.807, 2.05) is 0 Å². The number of aliphatic hydroxyl groups excluding tert-OH is 1. The van der Waals surface area contributed by atoms with Crippen LogP contribution in [0, 0.1) is 5.92 Å². The van der Waals surface area contributed by atoms with Gasteiger partial charge >= 0.3 is 6.18 Å². The normalized spacial score (nSPS) is 31.4. The highest BCUT2D eigenvalue weighted by Crippen LogP contribution is 2.55. The summed E-state index contributed by atoms with van der Waals surface area (Å²) in [6, 6.07) is 2.23. The van der Waals surface area contributed by atoms with E-state index in [1.54, 1.807) is 11.0 Å². The lowest BCUT2D eigenvalue weighted by atomic mass is 10.0. The highest BCUT2D eigenvalue weighted by Gasteiger charge is 2.65. The lowest BCUT2D eigenvalue weighted by Gasteiger charge is -2.40. The highest BCUT2D eigenvalue weighted by atomic mass is 35.5. The lowest BCUT2D eigenvalue weighted by Crippen LogP contribution is -2.59. The van der Waals surface area contributed by atoms with E-state index in [9.17, 15) is 27.9 Å². The zero-order chi connectivity index (χ0) is 24.2. The number of hydrogen-bond acceptors (Lipinski definition) is 5. The Morgan fingerprint density at radius 2 is 2.00 bits per heavy atom. The van der Waals surface area contributed by atoms with Gasteiger partial charge in [0.15, 0.2) is 5.69 Å². The smallest absolute Gasteiger partial charge is 0.389 e. The van der Waals surface area contributed by atoms with Crippen LogP contribution in [0.3, 0.4) is 0 Å². The van der Waals surface area contributed by atoms with Crippen LogP contribution in [0.15, 0.2) is 12.1 Å². The standard InChI is InChI=1S/C22H23ClF3N5O3/c23-17-13-5-11(10-1-2-10)6-15(22(24,25)26)31(13)28-18(17)20(34)29-3-4-30(16(32)9-29)14-7-12-8-21(12,27)19(14)33/h5-6,10,12,14,19,33H,1-4,7-9,27H2. The van der Waals surface area contributed by atoms with E-state index in [0.717, 1.165) is 25.3 Å². The first kappa shape index (κ1) is 22.1. The molecule has 1 aliphatic heterocycles. The molecule has 2 aromatic rings. The molecule has 3 heterocycles. The summed E-state index contributed by atoms with van der Waals surface area (Å²) in [6.45, 7) is 0.0767. The van der Waals surface area contributed by atoms with E-state index in [0.29, 0.717) is 16.5 Å². The van der Waals surface area contributed by atoms with Gasteiger partial charge in [0.1, 0.15) is 12.2 Å². The van der Waals surface area contributed by atoms with Gasteiger partial charge < -0.3 is 20.6 Å². The molecule has 12 heteroatoms. The van der Waals surface area contributed by atoms with Crippen LogP contribution in [-0.4, -0.2) is 73.7 Å². The van der Waals surface area contributed by atoms with Crippen LogP contribution in [-0.2, 0) is 11.0 Å². The molecule has 34 heavy (non-hydrogen) atoms. The monoisotopic (exact) mass is 497 g/mol. The number of amides is 2. The Kier molecular flexibility index (Phi) is 4.61. The molecule has 2 aromatic heterocycles. The summed E-state index contributed by atoms with van der Waals surface area (Å²) in [7, 11) is 0. The molecule has 4 unspecified atom stereocenters. The van der Waals surface area contributed by atoms with Crippen LogP contribution in [0.1, 0.15) is 53.3 Å². The minimum absolute atomic E-state index is 0.0215. The third-order valence-electron chi connectivity index (χ3n) is 7.82. The Morgan fingerprint density at radius 3 is 2.59 bits per heavy atom. The van der Waals surface area contributed by atoms with Gasteiger partial charge in [-0.15, -0.1) is 0 Å². The number of piperazine rings is 1. The zero-order valence-corrected chi connectivity index (χ0v) is 18.8. The van der Waals surface area contributed by atoms with Gasteiger partial charge in [0.25, 0.3) is 5.91 Å². The van der Waals surface area contributed by atoms with Crippen molar-refractivity contribution in [1.29, 1.82) is 0 Å². The largest absolute Gasteiger partial charge is 0.433 e. The Morgan fingerprint density at radius 1 is 1.26 bits per heavy atom. The van der Waals surface area contributed by atoms with Gasteiger partial charge in [-0.25, -0.2) is 4.52 Å². The van der Waals surface area contributed by atoms with E-state index in [1.165, 1.54) is 4.90 Å². The molecule has 4 fully saturated rings. The van der Waals surface area contributed by atoms with E-state index >= 15 is 0 Å². The molecule has 0 bridgehead atoms. The molecular weight excluding hydrogens is 475 g/mol. The second kappa shape index (κ2) is 7.08. The summed E-state index contributed by atoms with van der Waals surface area (Å²) in [5.41, 5.74) is 4.78. The van der Waals surface area contributed by atoms with Gasteiger partial charge in [-0.3, -0.25) is 9.59 Å². The van der Waals surface area contributed by atoms with Gasteiger partial charge in [-0.1, -0.05) is 11.6 Å². The first-order valence-corrected chi connectivity index (χ1v) is 11.7. The van der Waals surface area contributed by atoms with Crippen LogP contribution >= 0.6 is 11.6 Å². The van der Waals surface area contributed by atoms with E-state index in [4.69, 9.17) is 17.3 Å². The molecule has 3 saturated carbocycles. The van der Waals surface area contributed by atoms with Crippen LogP contribution in [0.5, 0.6) is 0 Å². The number of aliphatic hydroxyl groups is 1. The molecule has 0 aromatic carbocycles. The van der Waals surface area contributed by atoms with Gasteiger partial charge in [0, 0.05) is 18.6 Å². The van der Waals surface area contributed by atoms with Crippen molar-refractivity contribution in [3.05, 3.63) is 34.1 Å². The zero-order valence-electron chi connectivity index (χ0n) is 18.1. The van der Waals surface area contributed by atoms with Crippen molar-refractivity contribution >= 4 is 28.9 Å². The van der Waals surface area contributed by atoms with Gasteiger partial charge in [-0.05, 0) is 55.2 Å². The van der Waals surface area contributed by atoms with Crippen LogP contribution < -0.4 is 5.73 Å². The summed E-state index contributed by atoms with van der Waals surface area (Å²) >= 11 is 6.37. The van der Waals surface area contributed by atoms with Crippen LogP contribution in [0.4, 0.5) is 13.2 Å².